The number of carboxylic acid groups (broad SMARTS) is 1. The van der Waals surface area contributed by atoms with Gasteiger partial charge in [-0.1, -0.05) is 11.6 Å². The van der Waals surface area contributed by atoms with E-state index in [1.165, 1.54) is 12.3 Å². The van der Waals surface area contributed by atoms with Crippen LogP contribution in [0.1, 0.15) is 26.7 Å². The van der Waals surface area contributed by atoms with Crippen molar-refractivity contribution < 1.29 is 14.8 Å². The summed E-state index contributed by atoms with van der Waals surface area (Å²) in [5, 5.41) is 22.6. The second-order valence-corrected chi connectivity index (χ2v) is 5.12. The Bertz CT molecular complexity index is 505. The van der Waals surface area contributed by atoms with Crippen LogP contribution >= 0.6 is 11.6 Å². The number of aliphatic carboxylic acids is 1. The molecule has 1 heterocycles. The van der Waals surface area contributed by atoms with Crippen molar-refractivity contribution in [3.63, 3.8) is 0 Å². The highest BCUT2D eigenvalue weighted by atomic mass is 35.5. The van der Waals surface area contributed by atoms with Crippen molar-refractivity contribution in [3.05, 3.63) is 27.4 Å². The fraction of sp³-hybridized carbons (Fsp3) is 0.455. The Hall–Kier alpha value is -1.89. The molecule has 0 saturated heterocycles. The van der Waals surface area contributed by atoms with Gasteiger partial charge in [-0.15, -0.1) is 0 Å². The Morgan fingerprint density at radius 3 is 2.79 bits per heavy atom. The summed E-state index contributed by atoms with van der Waals surface area (Å²) in [6.45, 7) is 3.49. The zero-order valence-electron chi connectivity index (χ0n) is 10.5. The second kappa shape index (κ2) is 5.83. The zero-order valence-corrected chi connectivity index (χ0v) is 11.3. The Morgan fingerprint density at radius 2 is 2.26 bits per heavy atom. The largest absolute Gasteiger partial charge is 0.481 e. The molecule has 7 nitrogen and oxygen atoms in total. The van der Waals surface area contributed by atoms with Crippen LogP contribution in [0.25, 0.3) is 0 Å². The summed E-state index contributed by atoms with van der Waals surface area (Å²) in [5.74, 6) is -0.849. The van der Waals surface area contributed by atoms with Gasteiger partial charge in [-0.25, -0.2) is 4.98 Å². The highest BCUT2D eigenvalue weighted by Crippen LogP contribution is 2.28. The molecule has 0 atom stereocenters. The number of halogens is 1. The number of aromatic nitrogens is 1. The fourth-order valence-electron chi connectivity index (χ4n) is 1.47. The molecule has 0 aliphatic heterocycles. The first-order valence-electron chi connectivity index (χ1n) is 5.51. The lowest BCUT2D eigenvalue weighted by Crippen LogP contribution is -2.32. The lowest BCUT2D eigenvalue weighted by atomic mass is 9.98. The number of hydrogen-bond acceptors (Lipinski definition) is 5. The quantitative estimate of drug-likeness (QED) is 0.615. The van der Waals surface area contributed by atoms with Crippen molar-refractivity contribution >= 4 is 29.1 Å². The van der Waals surface area contributed by atoms with Gasteiger partial charge in [0.05, 0.1) is 9.95 Å². The number of pyridine rings is 1. The van der Waals surface area contributed by atoms with Gasteiger partial charge >= 0.3 is 11.7 Å². The molecule has 8 heteroatoms. The molecule has 2 N–H and O–H groups in total. The van der Waals surface area contributed by atoms with Gasteiger partial charge in [-0.05, 0) is 20.3 Å². The maximum absolute atomic E-state index is 10.9. The summed E-state index contributed by atoms with van der Waals surface area (Å²) in [6, 6.07) is 1.20. The van der Waals surface area contributed by atoms with E-state index in [9.17, 15) is 14.9 Å². The third-order valence-electron chi connectivity index (χ3n) is 2.45. The van der Waals surface area contributed by atoms with Crippen molar-refractivity contribution in [2.24, 2.45) is 0 Å². The lowest BCUT2D eigenvalue weighted by molar-refractivity contribution is -0.384. The molecule has 104 valence electrons. The average Bonchev–Trinajstić information content (AvgIpc) is 2.28. The standard InChI is InChI=1S/C11H14ClN3O4/c1-11(2,4-3-9(16)17)14-10-8(15(18)19)5-7(12)6-13-10/h5-6H,3-4H2,1-2H3,(H,13,14)(H,16,17). The van der Waals surface area contributed by atoms with Gasteiger partial charge in [-0.3, -0.25) is 14.9 Å². The van der Waals surface area contributed by atoms with E-state index in [0.717, 1.165) is 0 Å². The molecular weight excluding hydrogens is 274 g/mol. The molecular formula is C11H14ClN3O4. The van der Waals surface area contributed by atoms with Crippen LogP contribution in [-0.2, 0) is 4.79 Å². The summed E-state index contributed by atoms with van der Waals surface area (Å²) < 4.78 is 0. The molecule has 0 amide bonds. The van der Waals surface area contributed by atoms with E-state index in [0.29, 0.717) is 6.42 Å². The van der Waals surface area contributed by atoms with E-state index in [4.69, 9.17) is 16.7 Å². The average molecular weight is 288 g/mol. The fourth-order valence-corrected chi connectivity index (χ4v) is 1.62. The van der Waals surface area contributed by atoms with Crippen molar-refractivity contribution in [1.82, 2.24) is 4.98 Å². The van der Waals surface area contributed by atoms with E-state index >= 15 is 0 Å². The number of carboxylic acids is 1. The van der Waals surface area contributed by atoms with Crippen molar-refractivity contribution in [3.8, 4) is 0 Å². The first kappa shape index (κ1) is 15.2. The van der Waals surface area contributed by atoms with Crippen molar-refractivity contribution in [2.75, 3.05) is 5.32 Å². The van der Waals surface area contributed by atoms with Gasteiger partial charge in [0.1, 0.15) is 0 Å². The predicted molar refractivity (Wildman–Crippen MR) is 70.5 cm³/mol. The number of hydrogen-bond donors (Lipinski definition) is 2. The Morgan fingerprint density at radius 1 is 1.63 bits per heavy atom. The van der Waals surface area contributed by atoms with Crippen molar-refractivity contribution in [1.29, 1.82) is 0 Å². The molecule has 0 aliphatic rings. The van der Waals surface area contributed by atoms with Crippen LogP contribution < -0.4 is 5.32 Å². The number of nitro groups is 1. The molecule has 0 aromatic carbocycles. The monoisotopic (exact) mass is 287 g/mol. The van der Waals surface area contributed by atoms with Crippen LogP contribution in [0.2, 0.25) is 5.02 Å². The molecule has 0 radical (unpaired) electrons. The topological polar surface area (TPSA) is 105 Å². The molecule has 0 spiro atoms. The molecule has 0 fully saturated rings. The third kappa shape index (κ3) is 4.70. The van der Waals surface area contributed by atoms with Gasteiger partial charge in [-0.2, -0.15) is 0 Å². The number of anilines is 1. The maximum Gasteiger partial charge on any atom is 0.312 e. The Kier molecular flexibility index (Phi) is 4.66. The molecule has 0 bridgehead atoms. The van der Waals surface area contributed by atoms with Crippen LogP contribution in [0.5, 0.6) is 0 Å². The van der Waals surface area contributed by atoms with Crippen LogP contribution in [0.4, 0.5) is 11.5 Å². The zero-order chi connectivity index (χ0) is 14.6. The van der Waals surface area contributed by atoms with E-state index in [1.807, 2.05) is 0 Å². The molecule has 0 saturated carbocycles. The molecule has 1 aromatic heterocycles. The molecule has 1 aromatic rings. The van der Waals surface area contributed by atoms with Gasteiger partial charge in [0.2, 0.25) is 5.82 Å². The summed E-state index contributed by atoms with van der Waals surface area (Å²) in [7, 11) is 0. The summed E-state index contributed by atoms with van der Waals surface area (Å²) >= 11 is 5.66. The molecule has 19 heavy (non-hydrogen) atoms. The maximum atomic E-state index is 10.9. The number of nitrogens with zero attached hydrogens (tertiary/aromatic N) is 2. The Balaban J connectivity index is 2.92. The van der Waals surface area contributed by atoms with Crippen LogP contribution in [0.15, 0.2) is 12.3 Å². The van der Waals surface area contributed by atoms with Crippen LogP contribution in [0.3, 0.4) is 0 Å². The highest BCUT2D eigenvalue weighted by Gasteiger charge is 2.24. The number of nitrogens with one attached hydrogen (secondary N) is 1. The first-order chi connectivity index (χ1) is 8.71. The van der Waals surface area contributed by atoms with Crippen molar-refractivity contribution in [2.45, 2.75) is 32.2 Å². The minimum absolute atomic E-state index is 0.0403. The number of rotatable bonds is 6. The third-order valence-corrected chi connectivity index (χ3v) is 2.66. The minimum Gasteiger partial charge on any atom is -0.481 e. The number of carbonyl (C=O) groups is 1. The highest BCUT2D eigenvalue weighted by molar-refractivity contribution is 6.30. The van der Waals surface area contributed by atoms with Gasteiger partial charge < -0.3 is 10.4 Å². The summed E-state index contributed by atoms with van der Waals surface area (Å²) in [4.78, 5) is 24.7. The van der Waals surface area contributed by atoms with E-state index in [-0.39, 0.29) is 22.9 Å². The van der Waals surface area contributed by atoms with E-state index in [1.54, 1.807) is 13.8 Å². The van der Waals surface area contributed by atoms with Gasteiger partial charge in [0.25, 0.3) is 0 Å². The van der Waals surface area contributed by atoms with E-state index in [2.05, 4.69) is 10.3 Å². The smallest absolute Gasteiger partial charge is 0.312 e. The van der Waals surface area contributed by atoms with Crippen LogP contribution in [0, 0.1) is 10.1 Å². The van der Waals surface area contributed by atoms with Crippen LogP contribution in [-0.4, -0.2) is 26.5 Å². The molecule has 0 unspecified atom stereocenters. The molecule has 1 rings (SSSR count). The minimum atomic E-state index is -0.923. The normalized spacial score (nSPS) is 11.1. The summed E-state index contributed by atoms with van der Waals surface area (Å²) in [6.07, 6.45) is 1.56. The predicted octanol–water partition coefficient (Wildman–Crippen LogP) is 2.70. The molecule has 0 aliphatic carbocycles. The lowest BCUT2D eigenvalue weighted by Gasteiger charge is -2.26. The SMILES string of the molecule is CC(C)(CCC(=O)O)Nc1ncc(Cl)cc1[N+](=O)[O-]. The Labute approximate surface area is 114 Å². The van der Waals surface area contributed by atoms with Gasteiger partial charge in [0, 0.05) is 24.2 Å². The van der Waals surface area contributed by atoms with Gasteiger partial charge in [0.15, 0.2) is 0 Å². The summed E-state index contributed by atoms with van der Waals surface area (Å²) in [5.41, 5.74) is -0.875. The van der Waals surface area contributed by atoms with E-state index < -0.39 is 16.4 Å². The first-order valence-corrected chi connectivity index (χ1v) is 5.89. The second-order valence-electron chi connectivity index (χ2n) is 4.68.